The van der Waals surface area contributed by atoms with Crippen LogP contribution in [0.5, 0.6) is 0 Å². The minimum absolute atomic E-state index is 0.0332. The lowest BCUT2D eigenvalue weighted by atomic mass is 9.84. The average molecular weight is 483 g/mol. The second kappa shape index (κ2) is 13.5. The van der Waals surface area contributed by atoms with Gasteiger partial charge < -0.3 is 4.74 Å². The van der Waals surface area contributed by atoms with E-state index in [1.54, 1.807) is 24.5 Å². The SMILES string of the molecule is C=CC.CC.O=S(=O)(NC1CCC(c2[nH]nc(-c3ncccn3)c2F)CC1)N1CCOCC1. The van der Waals surface area contributed by atoms with Crippen molar-refractivity contribution in [3.05, 3.63) is 42.6 Å². The van der Waals surface area contributed by atoms with Gasteiger partial charge in [0.2, 0.25) is 0 Å². The molecule has 2 aromatic heterocycles. The van der Waals surface area contributed by atoms with Gasteiger partial charge in [-0.2, -0.15) is 22.5 Å². The van der Waals surface area contributed by atoms with Crippen LogP contribution in [0.3, 0.4) is 0 Å². The first-order chi connectivity index (χ1) is 16.0. The van der Waals surface area contributed by atoms with Gasteiger partial charge in [-0.1, -0.05) is 19.9 Å². The van der Waals surface area contributed by atoms with E-state index < -0.39 is 16.0 Å². The molecule has 1 saturated heterocycles. The summed E-state index contributed by atoms with van der Waals surface area (Å²) < 4.78 is 49.2. The molecule has 2 N–H and O–H groups in total. The Bertz CT molecular complexity index is 940. The van der Waals surface area contributed by atoms with E-state index in [0.29, 0.717) is 57.7 Å². The van der Waals surface area contributed by atoms with Gasteiger partial charge in [0, 0.05) is 37.4 Å². The van der Waals surface area contributed by atoms with Gasteiger partial charge in [0.05, 0.1) is 18.9 Å². The van der Waals surface area contributed by atoms with E-state index in [0.717, 1.165) is 0 Å². The number of nitrogens with one attached hydrogen (secondary N) is 2. The fourth-order valence-corrected chi connectivity index (χ4v) is 5.19. The quantitative estimate of drug-likeness (QED) is 0.632. The second-order valence-corrected chi connectivity index (χ2v) is 9.17. The molecule has 0 unspecified atom stereocenters. The highest BCUT2D eigenvalue weighted by Crippen LogP contribution is 2.35. The number of morpholine rings is 1. The standard InChI is InChI=1S/C17H23FN6O3S.C3H6.C2H6/c18-14-15(21-22-16(14)17-19-6-1-7-20-17)12-2-4-13(5-3-12)23-28(25,26)24-8-10-27-11-9-24;1-3-2;1-2/h1,6-7,12-13,23H,2-5,8-11H2,(H,21,22);3H,1H2,2H3;1-2H3. The van der Waals surface area contributed by atoms with Crippen LogP contribution in [0.2, 0.25) is 0 Å². The summed E-state index contributed by atoms with van der Waals surface area (Å²) in [5.41, 5.74) is 0.558. The number of rotatable bonds is 5. The molecule has 2 aliphatic rings. The Labute approximate surface area is 196 Å². The van der Waals surface area contributed by atoms with Crippen molar-refractivity contribution in [2.75, 3.05) is 26.3 Å². The summed E-state index contributed by atoms with van der Waals surface area (Å²) in [7, 11) is -3.51. The van der Waals surface area contributed by atoms with Crippen LogP contribution in [0, 0.1) is 5.82 Å². The largest absolute Gasteiger partial charge is 0.379 e. The lowest BCUT2D eigenvalue weighted by molar-refractivity contribution is 0.0722. The van der Waals surface area contributed by atoms with Crippen LogP contribution in [0.4, 0.5) is 4.39 Å². The molecule has 0 spiro atoms. The number of ether oxygens (including phenoxy) is 1. The van der Waals surface area contributed by atoms with Crippen LogP contribution in [0.15, 0.2) is 31.1 Å². The third kappa shape index (κ3) is 7.39. The number of halogens is 1. The maximum Gasteiger partial charge on any atom is 0.279 e. The number of hydrogen-bond acceptors (Lipinski definition) is 6. The second-order valence-electron chi connectivity index (χ2n) is 7.46. The normalized spacial score (nSPS) is 21.2. The third-order valence-corrected chi connectivity index (χ3v) is 6.95. The Morgan fingerprint density at radius 2 is 1.76 bits per heavy atom. The highest BCUT2D eigenvalue weighted by Gasteiger charge is 2.32. The van der Waals surface area contributed by atoms with Crippen LogP contribution in [-0.4, -0.2) is 65.2 Å². The van der Waals surface area contributed by atoms with Gasteiger partial charge in [0.1, 0.15) is 0 Å². The zero-order chi connectivity index (χ0) is 24.3. The Morgan fingerprint density at radius 1 is 1.18 bits per heavy atom. The summed E-state index contributed by atoms with van der Waals surface area (Å²) >= 11 is 0. The summed E-state index contributed by atoms with van der Waals surface area (Å²) in [6, 6.07) is 1.51. The molecule has 0 aromatic carbocycles. The van der Waals surface area contributed by atoms with E-state index in [9.17, 15) is 12.8 Å². The van der Waals surface area contributed by atoms with Crippen LogP contribution in [0.25, 0.3) is 11.5 Å². The maximum absolute atomic E-state index is 14.8. The van der Waals surface area contributed by atoms with Crippen molar-refractivity contribution in [1.29, 1.82) is 0 Å². The van der Waals surface area contributed by atoms with Crippen molar-refractivity contribution in [3.8, 4) is 11.5 Å². The van der Waals surface area contributed by atoms with Gasteiger partial charge in [-0.05, 0) is 38.7 Å². The fraction of sp³-hybridized carbons (Fsp3) is 0.591. The predicted octanol–water partition coefficient (Wildman–Crippen LogP) is 3.42. The average Bonchev–Trinajstić information content (AvgIpc) is 3.23. The first-order valence-electron chi connectivity index (χ1n) is 11.4. The summed E-state index contributed by atoms with van der Waals surface area (Å²) in [5, 5.41) is 6.84. The van der Waals surface area contributed by atoms with Crippen molar-refractivity contribution in [1.82, 2.24) is 29.2 Å². The molecule has 3 heterocycles. The number of aromatic nitrogens is 4. The summed E-state index contributed by atoms with van der Waals surface area (Å²) in [5.74, 6) is -0.216. The van der Waals surface area contributed by atoms with Gasteiger partial charge >= 0.3 is 0 Å². The minimum Gasteiger partial charge on any atom is -0.379 e. The molecule has 11 heteroatoms. The van der Waals surface area contributed by atoms with Crippen molar-refractivity contribution in [3.63, 3.8) is 0 Å². The predicted molar refractivity (Wildman–Crippen MR) is 126 cm³/mol. The van der Waals surface area contributed by atoms with E-state index in [2.05, 4.69) is 31.5 Å². The lowest BCUT2D eigenvalue weighted by Gasteiger charge is -2.32. The van der Waals surface area contributed by atoms with Gasteiger partial charge in [0.15, 0.2) is 17.3 Å². The van der Waals surface area contributed by atoms with Crippen LogP contribution in [0.1, 0.15) is 58.1 Å². The molecule has 0 amide bonds. The van der Waals surface area contributed by atoms with Gasteiger partial charge in [0.25, 0.3) is 10.2 Å². The van der Waals surface area contributed by atoms with Gasteiger partial charge in [-0.15, -0.1) is 6.58 Å². The molecule has 0 bridgehead atoms. The first-order valence-corrected chi connectivity index (χ1v) is 12.8. The molecular formula is C22H35FN6O3S. The highest BCUT2D eigenvalue weighted by atomic mass is 32.2. The number of allylic oxidation sites excluding steroid dienone is 1. The molecular weight excluding hydrogens is 447 g/mol. The van der Waals surface area contributed by atoms with Gasteiger partial charge in [-0.3, -0.25) is 5.10 Å². The smallest absolute Gasteiger partial charge is 0.279 e. The number of H-pyrrole nitrogens is 1. The summed E-state index contributed by atoms with van der Waals surface area (Å²) in [4.78, 5) is 8.08. The van der Waals surface area contributed by atoms with E-state index in [1.807, 2.05) is 20.8 Å². The molecule has 1 saturated carbocycles. The molecule has 0 atom stereocenters. The van der Waals surface area contributed by atoms with E-state index in [-0.39, 0.29) is 23.5 Å². The van der Waals surface area contributed by atoms with Crippen molar-refractivity contribution >= 4 is 10.2 Å². The van der Waals surface area contributed by atoms with E-state index in [1.165, 1.54) is 4.31 Å². The molecule has 2 aromatic rings. The van der Waals surface area contributed by atoms with Crippen molar-refractivity contribution < 1.29 is 17.5 Å². The van der Waals surface area contributed by atoms with Crippen molar-refractivity contribution in [2.24, 2.45) is 0 Å². The van der Waals surface area contributed by atoms with Crippen molar-refractivity contribution in [2.45, 2.75) is 58.4 Å². The first kappa shape index (κ1) is 27.0. The Morgan fingerprint density at radius 3 is 2.33 bits per heavy atom. The van der Waals surface area contributed by atoms with E-state index >= 15 is 0 Å². The number of hydrogen-bond donors (Lipinski definition) is 2. The molecule has 184 valence electrons. The van der Waals surface area contributed by atoms with Crippen LogP contribution < -0.4 is 4.72 Å². The topological polar surface area (TPSA) is 113 Å². The molecule has 1 aliphatic carbocycles. The fourth-order valence-electron chi connectivity index (χ4n) is 3.75. The Kier molecular flexibility index (Phi) is 11.0. The molecule has 1 aliphatic heterocycles. The van der Waals surface area contributed by atoms with Crippen LogP contribution in [-0.2, 0) is 14.9 Å². The zero-order valence-electron chi connectivity index (χ0n) is 19.6. The third-order valence-electron chi connectivity index (χ3n) is 5.27. The van der Waals surface area contributed by atoms with Gasteiger partial charge in [-0.25, -0.2) is 14.4 Å². The minimum atomic E-state index is -3.51. The number of nitrogens with zero attached hydrogens (tertiary/aromatic N) is 4. The summed E-state index contributed by atoms with van der Waals surface area (Å²) in [6.07, 6.45) is 7.46. The summed E-state index contributed by atoms with van der Waals surface area (Å²) in [6.45, 7) is 10.8. The van der Waals surface area contributed by atoms with E-state index in [4.69, 9.17) is 4.74 Å². The highest BCUT2D eigenvalue weighted by molar-refractivity contribution is 7.87. The monoisotopic (exact) mass is 482 g/mol. The maximum atomic E-state index is 14.8. The number of aromatic amines is 1. The molecule has 9 nitrogen and oxygen atoms in total. The lowest BCUT2D eigenvalue weighted by Crippen LogP contribution is -2.50. The zero-order valence-corrected chi connectivity index (χ0v) is 20.4. The molecule has 0 radical (unpaired) electrons. The molecule has 4 rings (SSSR count). The van der Waals surface area contributed by atoms with Crippen LogP contribution >= 0.6 is 0 Å². The Balaban J connectivity index is 0.000000714. The molecule has 2 fully saturated rings. The molecule has 33 heavy (non-hydrogen) atoms. The Hall–Kier alpha value is -2.21.